The van der Waals surface area contributed by atoms with Crippen LogP contribution in [0.15, 0.2) is 27.8 Å². The first-order valence-corrected chi connectivity index (χ1v) is 7.90. The molecule has 3 heterocycles. The van der Waals surface area contributed by atoms with Crippen LogP contribution in [-0.2, 0) is 19.4 Å². The van der Waals surface area contributed by atoms with E-state index in [2.05, 4.69) is 9.97 Å². The summed E-state index contributed by atoms with van der Waals surface area (Å²) in [6.45, 7) is 0.566. The third kappa shape index (κ3) is 3.03. The maximum atomic E-state index is 11.8. The molecule has 0 radical (unpaired) electrons. The zero-order chi connectivity index (χ0) is 16.4. The van der Waals surface area contributed by atoms with Gasteiger partial charge in [-0.1, -0.05) is 0 Å². The molecule has 1 aliphatic rings. The Kier molecular flexibility index (Phi) is 4.26. The third-order valence-corrected chi connectivity index (χ3v) is 4.78. The summed E-state index contributed by atoms with van der Waals surface area (Å²) in [4.78, 5) is 30.5. The molecule has 0 aromatic carbocycles. The fourth-order valence-electron chi connectivity index (χ4n) is 2.51. The standard InChI is InChI=1S/C10H8N2O3S.C5H7NO/c13-8-6-4-2-1-3-5(4)16-9(6)12-7(11-8)10(14)15;6-3-5-1-2-7-4-5/h1-3H2,(H,14,15)(H,11,12,13);1-2,4H,3,6H2. The average Bonchev–Trinajstić information content (AvgIpc) is 3.23. The second kappa shape index (κ2) is 6.35. The number of aryl methyl sites for hydroxylation is 2. The summed E-state index contributed by atoms with van der Waals surface area (Å²) in [7, 11) is 0. The van der Waals surface area contributed by atoms with Gasteiger partial charge in [0.25, 0.3) is 5.56 Å². The quantitative estimate of drug-likeness (QED) is 0.658. The first-order chi connectivity index (χ1) is 11.1. The zero-order valence-electron chi connectivity index (χ0n) is 12.2. The highest BCUT2D eigenvalue weighted by Gasteiger charge is 2.21. The predicted molar refractivity (Wildman–Crippen MR) is 85.8 cm³/mol. The number of nitrogens with zero attached hydrogens (tertiary/aromatic N) is 1. The minimum Gasteiger partial charge on any atom is -0.475 e. The summed E-state index contributed by atoms with van der Waals surface area (Å²) in [5.74, 6) is -1.48. The highest BCUT2D eigenvalue weighted by Crippen LogP contribution is 2.34. The number of H-pyrrole nitrogens is 1. The van der Waals surface area contributed by atoms with Crippen LogP contribution in [0.4, 0.5) is 0 Å². The van der Waals surface area contributed by atoms with E-state index in [1.807, 2.05) is 6.07 Å². The molecule has 1 aliphatic carbocycles. The Labute approximate surface area is 134 Å². The second-order valence-electron chi connectivity index (χ2n) is 5.09. The van der Waals surface area contributed by atoms with Gasteiger partial charge in [-0.05, 0) is 30.9 Å². The van der Waals surface area contributed by atoms with Gasteiger partial charge < -0.3 is 20.2 Å². The van der Waals surface area contributed by atoms with E-state index in [0.717, 1.165) is 30.4 Å². The van der Waals surface area contributed by atoms with E-state index in [1.165, 1.54) is 16.2 Å². The van der Waals surface area contributed by atoms with Gasteiger partial charge in [0.2, 0.25) is 5.82 Å². The number of carboxylic acid groups (broad SMARTS) is 1. The third-order valence-electron chi connectivity index (χ3n) is 3.59. The molecule has 0 unspecified atom stereocenters. The zero-order valence-corrected chi connectivity index (χ0v) is 13.0. The van der Waals surface area contributed by atoms with Crippen molar-refractivity contribution in [3.63, 3.8) is 0 Å². The van der Waals surface area contributed by atoms with Crippen LogP contribution in [0, 0.1) is 0 Å². The summed E-state index contributed by atoms with van der Waals surface area (Å²) >= 11 is 1.44. The lowest BCUT2D eigenvalue weighted by molar-refractivity contribution is 0.0683. The number of aromatic amines is 1. The number of rotatable bonds is 2. The molecular weight excluding hydrogens is 318 g/mol. The van der Waals surface area contributed by atoms with Crippen LogP contribution in [0.5, 0.6) is 0 Å². The summed E-state index contributed by atoms with van der Waals surface area (Å²) in [6, 6.07) is 1.85. The number of nitrogens with two attached hydrogens (primary N) is 1. The number of hydrogen-bond donors (Lipinski definition) is 3. The predicted octanol–water partition coefficient (Wildman–Crippen LogP) is 1.91. The lowest BCUT2D eigenvalue weighted by Gasteiger charge is -1.95. The second-order valence-corrected chi connectivity index (χ2v) is 6.18. The van der Waals surface area contributed by atoms with Crippen molar-refractivity contribution >= 4 is 27.5 Å². The fraction of sp³-hybridized carbons (Fsp3) is 0.267. The highest BCUT2D eigenvalue weighted by atomic mass is 32.1. The molecule has 0 atom stereocenters. The number of nitrogens with one attached hydrogen (secondary N) is 1. The van der Waals surface area contributed by atoms with E-state index < -0.39 is 5.97 Å². The Morgan fingerprint density at radius 1 is 1.48 bits per heavy atom. The Bertz CT molecular complexity index is 895. The largest absolute Gasteiger partial charge is 0.475 e. The molecule has 0 spiro atoms. The van der Waals surface area contributed by atoms with Crippen LogP contribution in [-0.4, -0.2) is 21.0 Å². The Hall–Kier alpha value is -2.45. The molecule has 3 aromatic heterocycles. The van der Waals surface area contributed by atoms with Crippen LogP contribution in [0.2, 0.25) is 0 Å². The number of aromatic nitrogens is 2. The molecule has 7 nitrogen and oxygen atoms in total. The van der Waals surface area contributed by atoms with Crippen molar-refractivity contribution in [2.24, 2.45) is 5.73 Å². The van der Waals surface area contributed by atoms with Crippen molar-refractivity contribution in [2.45, 2.75) is 25.8 Å². The SMILES string of the molecule is NCc1ccoc1.O=C(O)c1nc2sc3c(c2c(=O)[nH]1)CCC3. The molecule has 0 saturated heterocycles. The first kappa shape index (κ1) is 15.4. The van der Waals surface area contributed by atoms with Crippen LogP contribution < -0.4 is 11.3 Å². The van der Waals surface area contributed by atoms with Gasteiger partial charge in [-0.15, -0.1) is 11.3 Å². The molecule has 4 N–H and O–H groups in total. The molecule has 0 aliphatic heterocycles. The van der Waals surface area contributed by atoms with Crippen LogP contribution in [0.1, 0.15) is 33.0 Å². The summed E-state index contributed by atoms with van der Waals surface area (Å²) in [5.41, 5.74) is 7.01. The minimum absolute atomic E-state index is 0.280. The van der Waals surface area contributed by atoms with Gasteiger partial charge in [0.1, 0.15) is 4.83 Å². The minimum atomic E-state index is -1.20. The number of furan rings is 1. The molecule has 4 rings (SSSR count). The molecule has 8 heteroatoms. The number of carbonyl (C=O) groups is 1. The summed E-state index contributed by atoms with van der Waals surface area (Å²) < 4.78 is 4.73. The lowest BCUT2D eigenvalue weighted by atomic mass is 10.2. The molecule has 23 heavy (non-hydrogen) atoms. The smallest absolute Gasteiger partial charge is 0.372 e. The van der Waals surface area contributed by atoms with E-state index in [1.54, 1.807) is 12.5 Å². The average molecular weight is 333 g/mol. The van der Waals surface area contributed by atoms with Crippen LogP contribution in [0.25, 0.3) is 10.2 Å². The van der Waals surface area contributed by atoms with Gasteiger partial charge in [-0.25, -0.2) is 9.78 Å². The molecule has 120 valence electrons. The molecule has 0 fully saturated rings. The lowest BCUT2D eigenvalue weighted by Crippen LogP contribution is -2.15. The topological polar surface area (TPSA) is 122 Å². The summed E-state index contributed by atoms with van der Waals surface area (Å²) in [5, 5.41) is 9.37. The molecule has 0 saturated carbocycles. The number of thiophene rings is 1. The number of carboxylic acids is 1. The van der Waals surface area contributed by atoms with Gasteiger partial charge in [0.05, 0.1) is 17.9 Å². The van der Waals surface area contributed by atoms with Crippen molar-refractivity contribution in [3.8, 4) is 0 Å². The van der Waals surface area contributed by atoms with E-state index in [9.17, 15) is 9.59 Å². The van der Waals surface area contributed by atoms with E-state index in [-0.39, 0.29) is 11.4 Å². The number of hydrogen-bond acceptors (Lipinski definition) is 6. The van der Waals surface area contributed by atoms with E-state index in [0.29, 0.717) is 16.8 Å². The Morgan fingerprint density at radius 2 is 2.30 bits per heavy atom. The molecule has 3 aromatic rings. The van der Waals surface area contributed by atoms with Crippen molar-refractivity contribution < 1.29 is 14.3 Å². The van der Waals surface area contributed by atoms with E-state index in [4.69, 9.17) is 15.3 Å². The normalized spacial score (nSPS) is 12.7. The number of fused-ring (bicyclic) bond motifs is 3. The van der Waals surface area contributed by atoms with Gasteiger partial charge in [-0.3, -0.25) is 4.79 Å². The van der Waals surface area contributed by atoms with Gasteiger partial charge in [0.15, 0.2) is 0 Å². The van der Waals surface area contributed by atoms with Gasteiger partial charge >= 0.3 is 5.97 Å². The highest BCUT2D eigenvalue weighted by molar-refractivity contribution is 7.18. The summed E-state index contributed by atoms with van der Waals surface area (Å²) in [6.07, 6.45) is 6.18. The van der Waals surface area contributed by atoms with Crippen molar-refractivity contribution in [1.29, 1.82) is 0 Å². The monoisotopic (exact) mass is 333 g/mol. The van der Waals surface area contributed by atoms with Crippen molar-refractivity contribution in [2.75, 3.05) is 0 Å². The Morgan fingerprint density at radius 3 is 2.91 bits per heavy atom. The fourth-order valence-corrected chi connectivity index (χ4v) is 3.77. The van der Waals surface area contributed by atoms with Gasteiger partial charge in [-0.2, -0.15) is 0 Å². The van der Waals surface area contributed by atoms with Gasteiger partial charge in [0, 0.05) is 17.0 Å². The maximum absolute atomic E-state index is 11.8. The molecule has 0 bridgehead atoms. The number of aromatic carboxylic acids is 1. The maximum Gasteiger partial charge on any atom is 0.372 e. The van der Waals surface area contributed by atoms with Crippen molar-refractivity contribution in [1.82, 2.24) is 9.97 Å². The Balaban J connectivity index is 0.000000188. The van der Waals surface area contributed by atoms with E-state index >= 15 is 0 Å². The molecular formula is C15H15N3O4S. The molecule has 0 amide bonds. The van der Waals surface area contributed by atoms with Crippen LogP contribution >= 0.6 is 11.3 Å². The first-order valence-electron chi connectivity index (χ1n) is 7.09. The van der Waals surface area contributed by atoms with Crippen molar-refractivity contribution in [3.05, 3.63) is 50.8 Å². The van der Waals surface area contributed by atoms with Crippen LogP contribution in [0.3, 0.4) is 0 Å².